The van der Waals surface area contributed by atoms with Crippen molar-refractivity contribution in [3.63, 3.8) is 0 Å². The highest BCUT2D eigenvalue weighted by Crippen LogP contribution is 2.46. The zero-order valence-electron chi connectivity index (χ0n) is 17.5. The summed E-state index contributed by atoms with van der Waals surface area (Å²) in [5.41, 5.74) is 10.1. The molecule has 160 valence electrons. The predicted molar refractivity (Wildman–Crippen MR) is 122 cm³/mol. The van der Waals surface area contributed by atoms with Gasteiger partial charge >= 0.3 is 0 Å². The quantitative estimate of drug-likeness (QED) is 0.463. The topological polar surface area (TPSA) is 64.0 Å². The van der Waals surface area contributed by atoms with E-state index in [1.165, 1.54) is 6.07 Å². The molecule has 3 aromatic rings. The Morgan fingerprint density at radius 1 is 1.23 bits per heavy atom. The van der Waals surface area contributed by atoms with Crippen molar-refractivity contribution in [2.75, 3.05) is 12.3 Å². The first-order valence-electron chi connectivity index (χ1n) is 10.9. The molecule has 1 aromatic heterocycles. The Hall–Kier alpha value is -2.55. The highest BCUT2D eigenvalue weighted by molar-refractivity contribution is 6.36. The largest absolute Gasteiger partial charge is 0.395 e. The third-order valence-electron chi connectivity index (χ3n) is 7.16. The molecule has 0 atom stereocenters. The van der Waals surface area contributed by atoms with E-state index in [9.17, 15) is 9.65 Å². The molecule has 1 saturated carbocycles. The van der Waals surface area contributed by atoms with Gasteiger partial charge in [-0.3, -0.25) is 0 Å². The summed E-state index contributed by atoms with van der Waals surface area (Å²) in [6.07, 6.45) is 8.62. The molecule has 1 aliphatic carbocycles. The Kier molecular flexibility index (Phi) is 4.96. The van der Waals surface area contributed by atoms with Crippen LogP contribution in [0.25, 0.3) is 22.0 Å². The van der Waals surface area contributed by atoms with Crippen molar-refractivity contribution < 1.29 is 9.13 Å². The maximum atomic E-state index is 13.9. The molecular formula is C25H25ClFN3O. The van der Waals surface area contributed by atoms with E-state index in [0.29, 0.717) is 17.2 Å². The van der Waals surface area contributed by atoms with Crippen LogP contribution in [0.4, 0.5) is 10.1 Å². The number of nitriles is 1. The first-order chi connectivity index (χ1) is 14.9. The van der Waals surface area contributed by atoms with Crippen molar-refractivity contribution in [1.29, 1.82) is 5.26 Å². The van der Waals surface area contributed by atoms with Gasteiger partial charge in [0.1, 0.15) is 5.82 Å². The summed E-state index contributed by atoms with van der Waals surface area (Å²) in [7, 11) is 0. The lowest BCUT2D eigenvalue weighted by Gasteiger charge is -2.37. The molecule has 1 spiro atoms. The van der Waals surface area contributed by atoms with Crippen LogP contribution < -0.4 is 5.73 Å². The van der Waals surface area contributed by atoms with E-state index in [0.717, 1.165) is 67.2 Å². The second kappa shape index (κ2) is 7.55. The number of nitrogen functional groups attached to an aromatic ring is 1. The van der Waals surface area contributed by atoms with E-state index in [2.05, 4.69) is 22.9 Å². The van der Waals surface area contributed by atoms with Gasteiger partial charge in [0.25, 0.3) is 0 Å². The highest BCUT2D eigenvalue weighted by atomic mass is 35.5. The molecular weight excluding hydrogens is 413 g/mol. The van der Waals surface area contributed by atoms with E-state index >= 15 is 0 Å². The van der Waals surface area contributed by atoms with Gasteiger partial charge < -0.3 is 15.0 Å². The maximum Gasteiger partial charge on any atom is 0.147 e. The lowest BCUT2D eigenvalue weighted by atomic mass is 9.80. The number of aryl methyl sites for hydroxylation is 1. The van der Waals surface area contributed by atoms with Gasteiger partial charge in [0.2, 0.25) is 0 Å². The van der Waals surface area contributed by atoms with Crippen LogP contribution in [0.3, 0.4) is 0 Å². The normalized spacial score (nSPS) is 23.5. The summed E-state index contributed by atoms with van der Waals surface area (Å²) in [5, 5.41) is 10.7. The van der Waals surface area contributed by atoms with Crippen LogP contribution in [0.15, 0.2) is 30.5 Å². The van der Waals surface area contributed by atoms with E-state index in [1.807, 2.05) is 13.0 Å². The van der Waals surface area contributed by atoms with Gasteiger partial charge in [-0.1, -0.05) is 11.6 Å². The SMILES string of the molecule is Cc1cc2c(cc1C#N)c(-c1ccc(F)c(N)c1Cl)cn2C1CCC2(CCCO2)CC1. The van der Waals surface area contributed by atoms with E-state index in [1.54, 1.807) is 6.07 Å². The minimum Gasteiger partial charge on any atom is -0.395 e. The molecule has 2 aromatic carbocycles. The van der Waals surface area contributed by atoms with Crippen molar-refractivity contribution in [2.24, 2.45) is 0 Å². The molecule has 0 unspecified atom stereocenters. The summed E-state index contributed by atoms with van der Waals surface area (Å²) in [6.45, 7) is 2.84. The number of nitrogens with zero attached hydrogens (tertiary/aromatic N) is 2. The Bertz CT molecular complexity index is 1210. The average Bonchev–Trinajstić information content (AvgIpc) is 3.37. The summed E-state index contributed by atoms with van der Waals surface area (Å²) in [5.74, 6) is -0.528. The van der Waals surface area contributed by atoms with Crippen molar-refractivity contribution in [2.45, 2.75) is 57.1 Å². The highest BCUT2D eigenvalue weighted by Gasteiger charge is 2.39. The van der Waals surface area contributed by atoms with Crippen LogP contribution >= 0.6 is 11.6 Å². The summed E-state index contributed by atoms with van der Waals surface area (Å²) < 4.78 is 22.4. The van der Waals surface area contributed by atoms with Crippen molar-refractivity contribution in [1.82, 2.24) is 4.57 Å². The summed E-state index contributed by atoms with van der Waals surface area (Å²) in [6, 6.07) is 9.63. The van der Waals surface area contributed by atoms with E-state index in [-0.39, 0.29) is 16.3 Å². The number of benzene rings is 2. The van der Waals surface area contributed by atoms with Crippen LogP contribution in [0.5, 0.6) is 0 Å². The number of hydrogen-bond acceptors (Lipinski definition) is 3. The minimum absolute atomic E-state index is 0.0503. The molecule has 2 fully saturated rings. The number of rotatable bonds is 2. The van der Waals surface area contributed by atoms with Gasteiger partial charge in [-0.25, -0.2) is 4.39 Å². The number of ether oxygens (including phenoxy) is 1. The van der Waals surface area contributed by atoms with Gasteiger partial charge in [-0.2, -0.15) is 5.26 Å². The zero-order chi connectivity index (χ0) is 21.8. The van der Waals surface area contributed by atoms with Crippen LogP contribution in [-0.2, 0) is 4.74 Å². The fourth-order valence-corrected chi connectivity index (χ4v) is 5.63. The third kappa shape index (κ3) is 3.30. The summed E-state index contributed by atoms with van der Waals surface area (Å²) >= 11 is 6.46. The molecule has 1 saturated heterocycles. The predicted octanol–water partition coefficient (Wildman–Crippen LogP) is 6.53. The zero-order valence-corrected chi connectivity index (χ0v) is 18.3. The molecule has 1 aliphatic heterocycles. The fourth-order valence-electron chi connectivity index (χ4n) is 5.37. The minimum atomic E-state index is -0.528. The van der Waals surface area contributed by atoms with Crippen molar-refractivity contribution >= 4 is 28.2 Å². The van der Waals surface area contributed by atoms with Gasteiger partial charge in [-0.15, -0.1) is 0 Å². The monoisotopic (exact) mass is 437 g/mol. The number of anilines is 1. The van der Waals surface area contributed by atoms with Gasteiger partial charge in [-0.05, 0) is 75.3 Å². The fraction of sp³-hybridized carbons (Fsp3) is 0.400. The van der Waals surface area contributed by atoms with E-state index < -0.39 is 5.82 Å². The molecule has 6 heteroatoms. The second-order valence-electron chi connectivity index (χ2n) is 8.93. The van der Waals surface area contributed by atoms with Crippen molar-refractivity contribution in [3.8, 4) is 17.2 Å². The number of hydrogen-bond donors (Lipinski definition) is 1. The Morgan fingerprint density at radius 3 is 2.68 bits per heavy atom. The maximum absolute atomic E-state index is 13.9. The lowest BCUT2D eigenvalue weighted by Crippen LogP contribution is -2.33. The molecule has 31 heavy (non-hydrogen) atoms. The molecule has 0 bridgehead atoms. The average molecular weight is 438 g/mol. The second-order valence-corrected chi connectivity index (χ2v) is 9.31. The third-order valence-corrected chi connectivity index (χ3v) is 7.57. The number of fused-ring (bicyclic) bond motifs is 1. The van der Waals surface area contributed by atoms with E-state index in [4.69, 9.17) is 22.1 Å². The van der Waals surface area contributed by atoms with Gasteiger partial charge in [0.05, 0.1) is 27.9 Å². The Labute approximate surface area is 186 Å². The lowest BCUT2D eigenvalue weighted by molar-refractivity contribution is -0.0328. The van der Waals surface area contributed by atoms with Crippen LogP contribution in [0, 0.1) is 24.1 Å². The van der Waals surface area contributed by atoms with Crippen LogP contribution in [-0.4, -0.2) is 16.8 Å². The molecule has 0 radical (unpaired) electrons. The van der Waals surface area contributed by atoms with Gasteiger partial charge in [0, 0.05) is 40.9 Å². The van der Waals surface area contributed by atoms with Crippen LogP contribution in [0.2, 0.25) is 5.02 Å². The molecule has 2 heterocycles. The van der Waals surface area contributed by atoms with Crippen LogP contribution in [0.1, 0.15) is 55.7 Å². The molecule has 2 aliphatic rings. The Morgan fingerprint density at radius 2 is 2.00 bits per heavy atom. The molecule has 0 amide bonds. The number of halogens is 2. The first-order valence-corrected chi connectivity index (χ1v) is 11.2. The van der Waals surface area contributed by atoms with Crippen molar-refractivity contribution in [3.05, 3.63) is 52.4 Å². The molecule has 5 rings (SSSR count). The smallest absolute Gasteiger partial charge is 0.147 e. The standard InChI is InChI=1S/C25H25ClFN3O/c1-15-11-22-19(12-16(15)13-28)20(18-3-4-21(27)24(29)23(18)26)14-30(22)17-5-8-25(9-6-17)7-2-10-31-25/h3-4,11-12,14,17H,2,5-10,29H2,1H3. The number of aromatic nitrogens is 1. The summed E-state index contributed by atoms with van der Waals surface area (Å²) in [4.78, 5) is 0. The number of nitrogens with two attached hydrogens (primary N) is 1. The molecule has 4 nitrogen and oxygen atoms in total. The van der Waals surface area contributed by atoms with Gasteiger partial charge in [0.15, 0.2) is 0 Å². The first kappa shape index (κ1) is 20.4. The molecule has 2 N–H and O–H groups in total. The Balaban J connectivity index is 1.64.